The highest BCUT2D eigenvalue weighted by atomic mass is 19.1. The van der Waals surface area contributed by atoms with E-state index in [1.165, 1.54) is 5.56 Å². The number of halogens is 1. The Bertz CT molecular complexity index is 1060. The summed E-state index contributed by atoms with van der Waals surface area (Å²) in [4.78, 5) is 18.4. The number of nitrogens with zero attached hydrogens (tertiary/aromatic N) is 2. The molecule has 4 heterocycles. The van der Waals surface area contributed by atoms with Crippen molar-refractivity contribution in [1.82, 2.24) is 9.88 Å². The minimum Gasteiger partial charge on any atom is -0.488 e. The van der Waals surface area contributed by atoms with Crippen molar-refractivity contribution in [3.05, 3.63) is 53.2 Å². The monoisotopic (exact) mass is 497 g/mol. The van der Waals surface area contributed by atoms with E-state index in [1.807, 2.05) is 30.3 Å². The van der Waals surface area contributed by atoms with Crippen molar-refractivity contribution in [2.75, 3.05) is 44.7 Å². The Morgan fingerprint density at radius 2 is 2.28 bits per heavy atom. The molecule has 0 unspecified atom stereocenters. The molecule has 36 heavy (non-hydrogen) atoms. The number of carbonyl (C=O) groups is 1. The van der Waals surface area contributed by atoms with Crippen LogP contribution in [0.25, 0.3) is 0 Å². The van der Waals surface area contributed by atoms with Crippen LogP contribution < -0.4 is 10.1 Å². The summed E-state index contributed by atoms with van der Waals surface area (Å²) in [7, 11) is 0. The number of alkyl halides is 1. The first-order valence-corrected chi connectivity index (χ1v) is 13.2. The molecular formula is C28H36FN3O4. The van der Waals surface area contributed by atoms with E-state index in [0.717, 1.165) is 48.6 Å². The Labute approximate surface area is 212 Å². The van der Waals surface area contributed by atoms with Crippen molar-refractivity contribution in [2.45, 2.75) is 62.6 Å². The van der Waals surface area contributed by atoms with Crippen LogP contribution in [-0.4, -0.2) is 72.1 Å². The average Bonchev–Trinajstić information content (AvgIpc) is 3.52. The summed E-state index contributed by atoms with van der Waals surface area (Å²) in [6, 6.07) is 11.8. The zero-order valence-electron chi connectivity index (χ0n) is 20.8. The van der Waals surface area contributed by atoms with Gasteiger partial charge in [-0.25, -0.2) is 9.37 Å². The lowest BCUT2D eigenvalue weighted by molar-refractivity contribution is -0.137. The number of anilines is 1. The number of aliphatic carboxylic acids is 1. The smallest absolute Gasteiger partial charge is 0.304 e. The van der Waals surface area contributed by atoms with Gasteiger partial charge in [-0.05, 0) is 61.4 Å². The molecule has 1 aromatic carbocycles. The number of aryl methyl sites for hydroxylation is 2. The quantitative estimate of drug-likeness (QED) is 0.509. The normalized spacial score (nSPS) is 24.8. The number of aromatic nitrogens is 1. The van der Waals surface area contributed by atoms with Crippen molar-refractivity contribution in [3.63, 3.8) is 0 Å². The molecule has 0 radical (unpaired) electrons. The minimum absolute atomic E-state index is 0.00216. The third-order valence-corrected chi connectivity index (χ3v) is 7.58. The highest BCUT2D eigenvalue weighted by Crippen LogP contribution is 2.34. The minimum atomic E-state index is -1.29. The summed E-state index contributed by atoms with van der Waals surface area (Å²) in [6.45, 7) is 3.67. The molecule has 2 N–H and O–H groups in total. The number of ether oxygens (including phenoxy) is 2. The van der Waals surface area contributed by atoms with Crippen molar-refractivity contribution < 1.29 is 23.8 Å². The van der Waals surface area contributed by atoms with Crippen LogP contribution in [0, 0.1) is 0 Å². The molecule has 3 aliphatic rings. The van der Waals surface area contributed by atoms with Gasteiger partial charge in [0.25, 0.3) is 0 Å². The third-order valence-electron chi connectivity index (χ3n) is 7.58. The molecule has 1 aromatic heterocycles. The lowest BCUT2D eigenvalue weighted by Gasteiger charge is -2.25. The molecule has 2 saturated heterocycles. The Kier molecular flexibility index (Phi) is 7.72. The van der Waals surface area contributed by atoms with Gasteiger partial charge in [0, 0.05) is 44.2 Å². The first kappa shape index (κ1) is 25.0. The van der Waals surface area contributed by atoms with E-state index in [1.54, 1.807) is 0 Å². The van der Waals surface area contributed by atoms with Crippen LogP contribution in [0.1, 0.15) is 54.8 Å². The zero-order valence-corrected chi connectivity index (χ0v) is 20.8. The Balaban J connectivity index is 1.19. The van der Waals surface area contributed by atoms with Gasteiger partial charge < -0.3 is 19.9 Å². The van der Waals surface area contributed by atoms with Crippen LogP contribution in [0.15, 0.2) is 36.4 Å². The van der Waals surface area contributed by atoms with Gasteiger partial charge in [-0.1, -0.05) is 18.2 Å². The van der Waals surface area contributed by atoms with E-state index < -0.39 is 11.6 Å². The van der Waals surface area contributed by atoms with Gasteiger partial charge in [-0.15, -0.1) is 0 Å². The number of nitrogens with one attached hydrogen (secondary N) is 1. The van der Waals surface area contributed by atoms with Crippen molar-refractivity contribution in [3.8, 4) is 5.75 Å². The number of carboxylic acid groups (broad SMARTS) is 1. The number of hydrogen-bond acceptors (Lipinski definition) is 6. The van der Waals surface area contributed by atoms with Gasteiger partial charge >= 0.3 is 5.97 Å². The molecule has 8 heteroatoms. The summed E-state index contributed by atoms with van der Waals surface area (Å²) in [5.41, 5.74) is 1.79. The Hall–Kier alpha value is -2.71. The van der Waals surface area contributed by atoms with Crippen LogP contribution in [0.5, 0.6) is 5.75 Å². The lowest BCUT2D eigenvalue weighted by Crippen LogP contribution is -2.32. The SMILES string of the molecule is O=C(O)C[C@H](CN1CC[C@@](F)(CCc2ccc3c(n2)NCCC3)C1)c1cccc(O[C@H]2CCOC2)c1. The number of likely N-dealkylation sites (tertiary alicyclic amines) is 1. The molecule has 3 aliphatic heterocycles. The highest BCUT2D eigenvalue weighted by molar-refractivity contribution is 5.68. The molecule has 0 amide bonds. The molecule has 194 valence electrons. The predicted molar refractivity (Wildman–Crippen MR) is 136 cm³/mol. The van der Waals surface area contributed by atoms with Crippen LogP contribution >= 0.6 is 0 Å². The Morgan fingerprint density at radius 3 is 3.11 bits per heavy atom. The van der Waals surface area contributed by atoms with Gasteiger partial charge in [0.2, 0.25) is 0 Å². The van der Waals surface area contributed by atoms with Gasteiger partial charge in [-0.2, -0.15) is 0 Å². The van der Waals surface area contributed by atoms with Crippen LogP contribution in [-0.2, 0) is 22.4 Å². The van der Waals surface area contributed by atoms with E-state index in [-0.39, 0.29) is 18.4 Å². The lowest BCUT2D eigenvalue weighted by atomic mass is 9.94. The van der Waals surface area contributed by atoms with Crippen molar-refractivity contribution in [1.29, 1.82) is 0 Å². The Morgan fingerprint density at radius 1 is 1.36 bits per heavy atom. The van der Waals surface area contributed by atoms with Gasteiger partial charge in [0.15, 0.2) is 0 Å². The van der Waals surface area contributed by atoms with E-state index in [0.29, 0.717) is 52.1 Å². The molecule has 2 aromatic rings. The summed E-state index contributed by atoms with van der Waals surface area (Å²) in [5.74, 6) is 0.588. The van der Waals surface area contributed by atoms with Crippen LogP contribution in [0.2, 0.25) is 0 Å². The molecule has 5 rings (SSSR count). The van der Waals surface area contributed by atoms with Crippen molar-refractivity contribution >= 4 is 11.8 Å². The standard InChI is InChI=1S/C28H36FN3O4/c29-28(10-8-23-7-6-20-4-2-12-30-27(20)31-23)11-13-32(19-28)17-22(16-26(33)34)21-3-1-5-24(15-21)36-25-9-14-35-18-25/h1,3,5-7,15,22,25H,2,4,8-14,16-19H2,(H,30,31)(H,33,34)/t22-,25+,28+/m1/s1. The summed E-state index contributed by atoms with van der Waals surface area (Å²) in [6.07, 6.45) is 4.52. The van der Waals surface area contributed by atoms with E-state index in [4.69, 9.17) is 14.5 Å². The van der Waals surface area contributed by atoms with Gasteiger partial charge in [0.1, 0.15) is 23.3 Å². The number of rotatable bonds is 10. The summed E-state index contributed by atoms with van der Waals surface area (Å²) in [5, 5.41) is 12.9. The summed E-state index contributed by atoms with van der Waals surface area (Å²) < 4.78 is 27.2. The van der Waals surface area contributed by atoms with E-state index in [9.17, 15) is 9.90 Å². The average molecular weight is 498 g/mol. The maximum absolute atomic E-state index is 15.8. The second-order valence-electron chi connectivity index (χ2n) is 10.4. The molecule has 3 atom stereocenters. The van der Waals surface area contributed by atoms with E-state index >= 15 is 4.39 Å². The first-order chi connectivity index (χ1) is 17.5. The molecule has 0 aliphatic carbocycles. The number of hydrogen-bond donors (Lipinski definition) is 2. The zero-order chi connectivity index (χ0) is 25.0. The van der Waals surface area contributed by atoms with Crippen molar-refractivity contribution in [2.24, 2.45) is 0 Å². The number of pyridine rings is 1. The molecular weight excluding hydrogens is 461 g/mol. The fourth-order valence-electron chi connectivity index (χ4n) is 5.59. The summed E-state index contributed by atoms with van der Waals surface area (Å²) >= 11 is 0. The number of carboxylic acids is 1. The largest absolute Gasteiger partial charge is 0.488 e. The molecule has 2 fully saturated rings. The predicted octanol–water partition coefficient (Wildman–Crippen LogP) is 4.21. The maximum atomic E-state index is 15.8. The fourth-order valence-corrected chi connectivity index (χ4v) is 5.59. The molecule has 0 bridgehead atoms. The molecule has 0 saturated carbocycles. The second kappa shape index (κ2) is 11.1. The third kappa shape index (κ3) is 6.34. The topological polar surface area (TPSA) is 83.9 Å². The maximum Gasteiger partial charge on any atom is 0.304 e. The second-order valence-corrected chi connectivity index (χ2v) is 10.4. The van der Waals surface area contributed by atoms with Crippen LogP contribution in [0.3, 0.4) is 0 Å². The molecule has 0 spiro atoms. The van der Waals surface area contributed by atoms with Crippen LogP contribution in [0.4, 0.5) is 10.2 Å². The van der Waals surface area contributed by atoms with E-state index in [2.05, 4.69) is 16.3 Å². The van der Waals surface area contributed by atoms with Gasteiger partial charge in [-0.3, -0.25) is 9.69 Å². The first-order valence-electron chi connectivity index (χ1n) is 13.2. The highest BCUT2D eigenvalue weighted by Gasteiger charge is 2.39. The van der Waals surface area contributed by atoms with Gasteiger partial charge in [0.05, 0.1) is 19.6 Å². The fraction of sp³-hybridized carbons (Fsp3) is 0.571. The molecule has 7 nitrogen and oxygen atoms in total. The number of benzene rings is 1. The number of fused-ring (bicyclic) bond motifs is 1.